The molecule has 2 aromatic carbocycles. The van der Waals surface area contributed by atoms with Gasteiger partial charge in [-0.1, -0.05) is 26.0 Å². The van der Waals surface area contributed by atoms with E-state index >= 15 is 0 Å². The van der Waals surface area contributed by atoms with Gasteiger partial charge in [0.1, 0.15) is 24.3 Å². The number of ether oxygens (including phenoxy) is 2. The number of nitrogens with one attached hydrogen (secondary N) is 1. The zero-order valence-electron chi connectivity index (χ0n) is 21.9. The highest BCUT2D eigenvalue weighted by molar-refractivity contribution is 14.1. The molecule has 1 aliphatic carbocycles. The van der Waals surface area contributed by atoms with Gasteiger partial charge in [0.2, 0.25) is 11.8 Å². The van der Waals surface area contributed by atoms with Crippen molar-refractivity contribution in [2.24, 2.45) is 5.92 Å². The van der Waals surface area contributed by atoms with Crippen molar-refractivity contribution in [1.29, 1.82) is 0 Å². The van der Waals surface area contributed by atoms with Crippen LogP contribution in [-0.4, -0.2) is 71.7 Å². The Balaban J connectivity index is 2.04. The van der Waals surface area contributed by atoms with Gasteiger partial charge in [0.15, 0.2) is 11.5 Å². The summed E-state index contributed by atoms with van der Waals surface area (Å²) in [5.74, 6) is -1.04. The predicted octanol–water partition coefficient (Wildman–Crippen LogP) is 2.85. The Bertz CT molecular complexity index is 1220. The molecule has 3 N–H and O–H groups in total. The van der Waals surface area contributed by atoms with Gasteiger partial charge < -0.3 is 29.9 Å². The molecule has 0 fully saturated rings. The summed E-state index contributed by atoms with van der Waals surface area (Å²) in [5.41, 5.74) is 1.29. The van der Waals surface area contributed by atoms with Crippen molar-refractivity contribution < 1.29 is 38.5 Å². The first kappa shape index (κ1) is 30.5. The smallest absolute Gasteiger partial charge is 0.247 e. The van der Waals surface area contributed by atoms with Gasteiger partial charge in [-0.15, -0.1) is 0 Å². The first-order valence-electron chi connectivity index (χ1n) is 12.4. The Morgan fingerprint density at radius 1 is 1.26 bits per heavy atom. The van der Waals surface area contributed by atoms with Crippen molar-refractivity contribution in [3.8, 4) is 11.5 Å². The van der Waals surface area contributed by atoms with Gasteiger partial charge in [0, 0.05) is 36.6 Å². The summed E-state index contributed by atoms with van der Waals surface area (Å²) in [4.78, 5) is 39.2. The largest absolute Gasteiger partial charge is 0.493 e. The molecule has 0 radical (unpaired) electrons. The van der Waals surface area contributed by atoms with Crippen molar-refractivity contribution >= 4 is 40.7 Å². The third-order valence-electron chi connectivity index (χ3n) is 6.30. The third-order valence-corrected chi connectivity index (χ3v) is 7.10. The van der Waals surface area contributed by atoms with Gasteiger partial charge in [-0.2, -0.15) is 0 Å². The summed E-state index contributed by atoms with van der Waals surface area (Å²) in [7, 11) is 1.42. The number of hydrogen-bond acceptors (Lipinski definition) is 7. The van der Waals surface area contributed by atoms with Crippen LogP contribution < -0.4 is 14.8 Å². The van der Waals surface area contributed by atoms with Crippen LogP contribution in [0.2, 0.25) is 0 Å². The molecule has 2 aromatic rings. The number of benzene rings is 2. The normalized spacial score (nSPS) is 18.8. The molecule has 2 amide bonds. The molecule has 1 aliphatic rings. The minimum absolute atomic E-state index is 0.0241. The van der Waals surface area contributed by atoms with Gasteiger partial charge in [-0.05, 0) is 58.5 Å². The predicted molar refractivity (Wildman–Crippen MR) is 150 cm³/mol. The quantitative estimate of drug-likeness (QED) is 0.252. The van der Waals surface area contributed by atoms with Gasteiger partial charge in [-0.3, -0.25) is 14.4 Å². The van der Waals surface area contributed by atoms with Crippen LogP contribution >= 0.6 is 22.6 Å². The lowest BCUT2D eigenvalue weighted by Gasteiger charge is -2.41. The van der Waals surface area contributed by atoms with E-state index in [2.05, 4.69) is 5.32 Å². The van der Waals surface area contributed by atoms with E-state index < -0.39 is 35.9 Å². The molecule has 210 valence electrons. The van der Waals surface area contributed by atoms with Crippen LogP contribution in [0, 0.1) is 15.3 Å². The molecule has 11 heteroatoms. The molecule has 0 heterocycles. The minimum atomic E-state index is -1.26. The number of amides is 2. The molecular weight excluding hydrogens is 622 g/mol. The molecule has 0 bridgehead atoms. The van der Waals surface area contributed by atoms with E-state index in [1.165, 1.54) is 36.3 Å². The van der Waals surface area contributed by atoms with Crippen LogP contribution in [0.15, 0.2) is 48.0 Å². The number of methoxy groups -OCH3 is 1. The number of aliphatic hydroxyl groups is 2. The Kier molecular flexibility index (Phi) is 10.8. The third kappa shape index (κ3) is 7.55. The van der Waals surface area contributed by atoms with E-state index in [9.17, 15) is 29.0 Å². The van der Waals surface area contributed by atoms with Gasteiger partial charge in [0.05, 0.1) is 23.3 Å². The lowest BCUT2D eigenvalue weighted by atomic mass is 9.87. The second-order valence-electron chi connectivity index (χ2n) is 9.42. The van der Waals surface area contributed by atoms with Crippen molar-refractivity contribution in [3.05, 3.63) is 68.6 Å². The molecule has 0 saturated heterocycles. The first-order valence-corrected chi connectivity index (χ1v) is 13.5. The summed E-state index contributed by atoms with van der Waals surface area (Å²) in [6.07, 6.45) is -0.134. The standard InChI is InChI=1S/C28H32FIN2O7/c1-16(2)28(37)32(14-17-4-6-20(29)7-5-17)22-12-19(27(36)31-8-9-33)13-23(25(22)35)39-26-21(30)10-18(15-34)11-24(26)38-3/h4-7,10-11,13,15-16,22-23,25,33,35H,8-9,12,14H2,1-3H3,(H,31,36). The molecule has 3 rings (SSSR count). The fourth-order valence-electron chi connectivity index (χ4n) is 4.31. The molecule has 3 unspecified atom stereocenters. The van der Waals surface area contributed by atoms with Crippen LogP contribution in [0.25, 0.3) is 0 Å². The zero-order valence-corrected chi connectivity index (χ0v) is 24.1. The van der Waals surface area contributed by atoms with Crippen LogP contribution in [0.1, 0.15) is 36.2 Å². The summed E-state index contributed by atoms with van der Waals surface area (Å²) in [5, 5.41) is 23.3. The number of rotatable bonds is 11. The Hall–Kier alpha value is -3.03. The van der Waals surface area contributed by atoms with E-state index in [0.29, 0.717) is 21.0 Å². The maximum Gasteiger partial charge on any atom is 0.247 e. The Morgan fingerprint density at radius 3 is 2.54 bits per heavy atom. The topological polar surface area (TPSA) is 125 Å². The second-order valence-corrected chi connectivity index (χ2v) is 10.6. The van der Waals surface area contributed by atoms with Crippen molar-refractivity contribution in [2.45, 2.75) is 45.1 Å². The fraction of sp³-hybridized carbons (Fsp3) is 0.393. The van der Waals surface area contributed by atoms with Crippen LogP contribution in [-0.2, 0) is 16.1 Å². The molecule has 0 spiro atoms. The number of carbonyl (C=O) groups excluding carboxylic acids is 3. The first-order chi connectivity index (χ1) is 18.6. The molecular formula is C28H32FIN2O7. The molecule has 39 heavy (non-hydrogen) atoms. The van der Waals surface area contributed by atoms with E-state index in [4.69, 9.17) is 9.47 Å². The molecule has 0 aromatic heterocycles. The maximum atomic E-state index is 13.5. The number of halogens is 2. The van der Waals surface area contributed by atoms with Gasteiger partial charge >= 0.3 is 0 Å². The minimum Gasteiger partial charge on any atom is -0.493 e. The highest BCUT2D eigenvalue weighted by Crippen LogP contribution is 2.37. The lowest BCUT2D eigenvalue weighted by Crippen LogP contribution is -2.55. The average molecular weight is 654 g/mol. The van der Waals surface area contributed by atoms with Gasteiger partial charge in [-0.25, -0.2) is 4.39 Å². The van der Waals surface area contributed by atoms with E-state index in [1.807, 2.05) is 22.6 Å². The molecule has 9 nitrogen and oxygen atoms in total. The summed E-state index contributed by atoms with van der Waals surface area (Å²) in [6.45, 7) is 3.31. The number of hydrogen-bond donors (Lipinski definition) is 3. The van der Waals surface area contributed by atoms with E-state index in [-0.39, 0.29) is 49.1 Å². The molecule has 3 atom stereocenters. The van der Waals surface area contributed by atoms with Gasteiger partial charge in [0.25, 0.3) is 0 Å². The van der Waals surface area contributed by atoms with E-state index in [1.54, 1.807) is 32.0 Å². The highest BCUT2D eigenvalue weighted by atomic mass is 127. The van der Waals surface area contributed by atoms with E-state index in [0.717, 1.165) is 0 Å². The highest BCUT2D eigenvalue weighted by Gasteiger charge is 2.41. The monoisotopic (exact) mass is 654 g/mol. The van der Waals surface area contributed by atoms with Crippen molar-refractivity contribution in [1.82, 2.24) is 10.2 Å². The summed E-state index contributed by atoms with van der Waals surface area (Å²) < 4.78 is 25.7. The summed E-state index contributed by atoms with van der Waals surface area (Å²) >= 11 is 1.99. The van der Waals surface area contributed by atoms with Crippen molar-refractivity contribution in [3.63, 3.8) is 0 Å². The number of carbonyl (C=O) groups is 3. The molecule has 0 saturated carbocycles. The molecule has 0 aliphatic heterocycles. The summed E-state index contributed by atoms with van der Waals surface area (Å²) in [6, 6.07) is 7.94. The number of nitrogens with zero attached hydrogens (tertiary/aromatic N) is 1. The maximum absolute atomic E-state index is 13.5. The zero-order chi connectivity index (χ0) is 28.7. The Morgan fingerprint density at radius 2 is 1.95 bits per heavy atom. The lowest BCUT2D eigenvalue weighted by molar-refractivity contribution is -0.142. The Labute approximate surface area is 240 Å². The second kappa shape index (κ2) is 13.9. The van der Waals surface area contributed by atoms with Crippen LogP contribution in [0.5, 0.6) is 11.5 Å². The average Bonchev–Trinajstić information content (AvgIpc) is 2.92. The number of aldehydes is 1. The fourth-order valence-corrected chi connectivity index (χ4v) is 5.07. The van der Waals surface area contributed by atoms with Crippen molar-refractivity contribution in [2.75, 3.05) is 20.3 Å². The van der Waals surface area contributed by atoms with Crippen LogP contribution in [0.3, 0.4) is 0 Å². The SMILES string of the molecule is COc1cc(C=O)cc(I)c1OC1C=C(C(=O)NCCO)CC(N(Cc2ccc(F)cc2)C(=O)C(C)C)C1O. The van der Waals surface area contributed by atoms with Crippen LogP contribution in [0.4, 0.5) is 4.39 Å². The number of aliphatic hydroxyl groups excluding tert-OH is 2.